The molecule has 1 aliphatic heterocycles. The van der Waals surface area contributed by atoms with E-state index in [9.17, 15) is 19.1 Å². The molecule has 2 atom stereocenters. The van der Waals surface area contributed by atoms with Gasteiger partial charge in [0.05, 0.1) is 0 Å². The van der Waals surface area contributed by atoms with Gasteiger partial charge in [-0.1, -0.05) is 25.1 Å². The molecule has 7 nitrogen and oxygen atoms in total. The third-order valence-electron chi connectivity index (χ3n) is 6.00. The molecule has 0 saturated carbocycles. The molecule has 1 saturated heterocycles. The molecule has 2 aromatic carbocycles. The summed E-state index contributed by atoms with van der Waals surface area (Å²) in [6.45, 7) is 2.70. The molecule has 1 aliphatic rings. The van der Waals surface area contributed by atoms with Gasteiger partial charge in [0.1, 0.15) is 23.7 Å². The quantitative estimate of drug-likeness (QED) is 0.539. The molecule has 0 spiro atoms. The number of aromatic amines is 1. The number of H-pyrrole nitrogens is 1. The summed E-state index contributed by atoms with van der Waals surface area (Å²) in [5.41, 5.74) is 1.77. The van der Waals surface area contributed by atoms with Crippen LogP contribution in [0.15, 0.2) is 54.7 Å². The highest BCUT2D eigenvalue weighted by Crippen LogP contribution is 2.28. The lowest BCUT2D eigenvalue weighted by molar-refractivity contribution is -0.139. The summed E-state index contributed by atoms with van der Waals surface area (Å²) in [7, 11) is 0. The zero-order valence-electron chi connectivity index (χ0n) is 17.8. The van der Waals surface area contributed by atoms with Crippen LogP contribution in [0, 0.1) is 5.82 Å². The first kappa shape index (κ1) is 21.7. The largest absolute Gasteiger partial charge is 0.490 e. The first-order chi connectivity index (χ1) is 15.4. The Balaban J connectivity index is 1.36. The number of ether oxygens (including phenoxy) is 1. The van der Waals surface area contributed by atoms with Crippen molar-refractivity contribution in [2.45, 2.75) is 37.8 Å². The number of aromatic nitrogens is 1. The summed E-state index contributed by atoms with van der Waals surface area (Å²) in [5, 5.41) is 13.4. The van der Waals surface area contributed by atoms with E-state index in [2.05, 4.69) is 10.3 Å². The molecule has 1 aromatic heterocycles. The number of likely N-dealkylation sites (tertiary alicyclic amines) is 1. The number of rotatable bonds is 6. The average Bonchev–Trinajstić information content (AvgIpc) is 3.23. The van der Waals surface area contributed by atoms with Gasteiger partial charge >= 0.3 is 12.0 Å². The Morgan fingerprint density at radius 1 is 1.16 bits per heavy atom. The number of piperidine rings is 1. The molecule has 4 rings (SSSR count). The second kappa shape index (κ2) is 9.30. The van der Waals surface area contributed by atoms with Crippen molar-refractivity contribution in [3.05, 3.63) is 66.1 Å². The smallest absolute Gasteiger partial charge is 0.326 e. The van der Waals surface area contributed by atoms with E-state index in [0.717, 1.165) is 16.5 Å². The van der Waals surface area contributed by atoms with Crippen LogP contribution in [0.3, 0.4) is 0 Å². The Morgan fingerprint density at radius 3 is 2.53 bits per heavy atom. The van der Waals surface area contributed by atoms with Crippen LogP contribution in [0.4, 0.5) is 9.18 Å². The molecule has 32 heavy (non-hydrogen) atoms. The van der Waals surface area contributed by atoms with Gasteiger partial charge in [0, 0.05) is 48.9 Å². The first-order valence-electron chi connectivity index (χ1n) is 10.7. The number of aliphatic carboxylic acids is 1. The van der Waals surface area contributed by atoms with Crippen molar-refractivity contribution in [2.75, 3.05) is 13.1 Å². The van der Waals surface area contributed by atoms with Crippen LogP contribution >= 0.6 is 0 Å². The molecule has 3 N–H and O–H groups in total. The zero-order valence-corrected chi connectivity index (χ0v) is 17.8. The van der Waals surface area contributed by atoms with Gasteiger partial charge in [0.2, 0.25) is 0 Å². The number of hydrogen-bond acceptors (Lipinski definition) is 3. The van der Waals surface area contributed by atoms with E-state index < -0.39 is 24.0 Å². The molecular formula is C24H26FN3O4. The lowest BCUT2D eigenvalue weighted by Gasteiger charge is -2.33. The predicted molar refractivity (Wildman–Crippen MR) is 118 cm³/mol. The van der Waals surface area contributed by atoms with Gasteiger partial charge in [-0.25, -0.2) is 14.0 Å². The van der Waals surface area contributed by atoms with Crippen LogP contribution in [0.5, 0.6) is 5.75 Å². The van der Waals surface area contributed by atoms with Crippen LogP contribution < -0.4 is 10.1 Å². The van der Waals surface area contributed by atoms with E-state index in [4.69, 9.17) is 4.74 Å². The van der Waals surface area contributed by atoms with Crippen molar-refractivity contribution in [2.24, 2.45) is 0 Å². The number of nitrogens with one attached hydrogen (secondary N) is 2. The van der Waals surface area contributed by atoms with Gasteiger partial charge in [-0.05, 0) is 35.9 Å². The van der Waals surface area contributed by atoms with E-state index in [1.54, 1.807) is 30.2 Å². The number of amides is 2. The van der Waals surface area contributed by atoms with E-state index in [1.807, 2.05) is 24.3 Å². The minimum absolute atomic E-state index is 0.0788. The van der Waals surface area contributed by atoms with Crippen molar-refractivity contribution < 1.29 is 23.8 Å². The van der Waals surface area contributed by atoms with Crippen LogP contribution in [0.2, 0.25) is 0 Å². The minimum atomic E-state index is -1.08. The van der Waals surface area contributed by atoms with Crippen LogP contribution in [-0.4, -0.2) is 52.2 Å². The van der Waals surface area contributed by atoms with E-state index in [-0.39, 0.29) is 11.9 Å². The number of nitrogens with zero attached hydrogens (tertiary/aromatic N) is 1. The Bertz CT molecular complexity index is 1090. The molecule has 0 aliphatic carbocycles. The molecule has 0 unspecified atom stereocenters. The van der Waals surface area contributed by atoms with E-state index >= 15 is 0 Å². The average molecular weight is 439 g/mol. The summed E-state index contributed by atoms with van der Waals surface area (Å²) in [6.07, 6.45) is 2.95. The molecule has 0 radical (unpaired) electrons. The fourth-order valence-corrected chi connectivity index (χ4v) is 4.16. The number of urea groups is 1. The molecule has 8 heteroatoms. The Hall–Kier alpha value is -3.55. The fraction of sp³-hybridized carbons (Fsp3) is 0.333. The maximum atomic E-state index is 13.0. The van der Waals surface area contributed by atoms with Crippen LogP contribution in [0.1, 0.15) is 31.2 Å². The van der Waals surface area contributed by atoms with Crippen molar-refractivity contribution >= 4 is 22.9 Å². The summed E-state index contributed by atoms with van der Waals surface area (Å²) in [6, 6.07) is 12.1. The van der Waals surface area contributed by atoms with Gasteiger partial charge in [-0.2, -0.15) is 0 Å². The number of hydrogen-bond donors (Lipinski definition) is 3. The number of carboxylic acid groups (broad SMARTS) is 1. The standard InChI is InChI=1S/C24H26FN3O4/c1-15(20-14-26-21-5-3-2-4-19(20)21)22(23(29)30)27-24(31)28-12-10-18(11-13-28)32-17-8-6-16(25)7-9-17/h2-9,14-15,18,22,26H,10-13H2,1H3,(H,27,31)(H,29,30)/t15-,22-/m1/s1. The maximum Gasteiger partial charge on any atom is 0.326 e. The predicted octanol–water partition coefficient (Wildman–Crippen LogP) is 4.12. The van der Waals surface area contributed by atoms with Crippen molar-refractivity contribution in [1.82, 2.24) is 15.2 Å². The second-order valence-electron chi connectivity index (χ2n) is 8.10. The summed E-state index contributed by atoms with van der Waals surface area (Å²) in [4.78, 5) is 29.6. The number of carbonyl (C=O) groups is 2. The summed E-state index contributed by atoms with van der Waals surface area (Å²) >= 11 is 0. The van der Waals surface area contributed by atoms with Gasteiger partial charge in [-0.3, -0.25) is 0 Å². The minimum Gasteiger partial charge on any atom is -0.490 e. The number of halogens is 1. The highest BCUT2D eigenvalue weighted by atomic mass is 19.1. The van der Waals surface area contributed by atoms with Crippen LogP contribution in [0.25, 0.3) is 10.9 Å². The number of benzene rings is 2. The van der Waals surface area contributed by atoms with Gasteiger partial charge in [0.25, 0.3) is 0 Å². The van der Waals surface area contributed by atoms with E-state index in [0.29, 0.717) is 31.7 Å². The number of carbonyl (C=O) groups excluding carboxylic acids is 1. The monoisotopic (exact) mass is 439 g/mol. The molecule has 2 heterocycles. The Kier molecular flexibility index (Phi) is 6.30. The van der Waals surface area contributed by atoms with Crippen molar-refractivity contribution in [1.29, 1.82) is 0 Å². The third kappa shape index (κ3) is 4.69. The summed E-state index contributed by atoms with van der Waals surface area (Å²) in [5.74, 6) is -1.23. The highest BCUT2D eigenvalue weighted by Gasteiger charge is 2.32. The van der Waals surface area contributed by atoms with Gasteiger partial charge < -0.3 is 25.0 Å². The van der Waals surface area contributed by atoms with Gasteiger partial charge in [-0.15, -0.1) is 0 Å². The molecule has 1 fully saturated rings. The summed E-state index contributed by atoms with van der Waals surface area (Å²) < 4.78 is 18.9. The fourth-order valence-electron chi connectivity index (χ4n) is 4.16. The molecule has 2 amide bonds. The van der Waals surface area contributed by atoms with E-state index in [1.165, 1.54) is 12.1 Å². The molecule has 0 bridgehead atoms. The number of fused-ring (bicyclic) bond motifs is 1. The SMILES string of the molecule is C[C@H](c1c[nH]c2ccccc12)[C@@H](NC(=O)N1CCC(Oc2ccc(F)cc2)CC1)C(=O)O. The normalized spacial score (nSPS) is 16.5. The van der Waals surface area contributed by atoms with Crippen molar-refractivity contribution in [3.8, 4) is 5.75 Å². The first-order valence-corrected chi connectivity index (χ1v) is 10.7. The lowest BCUT2D eigenvalue weighted by atomic mass is 9.93. The van der Waals surface area contributed by atoms with Crippen molar-refractivity contribution in [3.63, 3.8) is 0 Å². The Morgan fingerprint density at radius 2 is 1.84 bits per heavy atom. The van der Waals surface area contributed by atoms with Crippen LogP contribution in [-0.2, 0) is 4.79 Å². The van der Waals surface area contributed by atoms with Gasteiger partial charge in [0.15, 0.2) is 0 Å². The maximum absolute atomic E-state index is 13.0. The Labute approximate surface area is 185 Å². The second-order valence-corrected chi connectivity index (χ2v) is 8.10. The number of carboxylic acids is 1. The third-order valence-corrected chi connectivity index (χ3v) is 6.00. The zero-order chi connectivity index (χ0) is 22.7. The number of para-hydroxylation sites is 1. The highest BCUT2D eigenvalue weighted by molar-refractivity contribution is 5.87. The molecule has 3 aromatic rings. The molecular weight excluding hydrogens is 413 g/mol. The molecule has 168 valence electrons. The topological polar surface area (TPSA) is 94.7 Å². The lowest BCUT2D eigenvalue weighted by Crippen LogP contribution is -2.52.